The molecule has 0 unspecified atom stereocenters. The zero-order valence-corrected chi connectivity index (χ0v) is 13.8. The molecule has 2 N–H and O–H groups in total. The van der Waals surface area contributed by atoms with Crippen LogP contribution in [-0.4, -0.2) is 6.61 Å². The molecule has 0 spiro atoms. The Labute approximate surface area is 134 Å². The average Bonchev–Trinajstić information content (AvgIpc) is 2.47. The van der Waals surface area contributed by atoms with E-state index in [-0.39, 0.29) is 18.4 Å². The van der Waals surface area contributed by atoms with Crippen molar-refractivity contribution in [3.63, 3.8) is 0 Å². The molecular weight excluding hydrogens is 282 g/mol. The van der Waals surface area contributed by atoms with E-state index in [4.69, 9.17) is 10.5 Å². The lowest BCUT2D eigenvalue weighted by Crippen LogP contribution is -2.13. The molecule has 0 amide bonds. The molecule has 21 heavy (non-hydrogen) atoms. The van der Waals surface area contributed by atoms with Crippen LogP contribution < -0.4 is 10.5 Å². The van der Waals surface area contributed by atoms with Gasteiger partial charge in [0.15, 0.2) is 0 Å². The van der Waals surface area contributed by atoms with E-state index >= 15 is 0 Å². The van der Waals surface area contributed by atoms with Gasteiger partial charge in [0.2, 0.25) is 0 Å². The summed E-state index contributed by atoms with van der Waals surface area (Å²) in [6.07, 6.45) is 4.65. The van der Waals surface area contributed by atoms with Crippen molar-refractivity contribution < 1.29 is 4.74 Å². The molecule has 0 aliphatic carbocycles. The highest BCUT2D eigenvalue weighted by molar-refractivity contribution is 5.88. The highest BCUT2D eigenvalue weighted by atomic mass is 35.5. The summed E-state index contributed by atoms with van der Waals surface area (Å²) in [4.78, 5) is 0. The van der Waals surface area contributed by atoms with Gasteiger partial charge in [0, 0.05) is 11.6 Å². The normalized spacial score (nSPS) is 12.0. The summed E-state index contributed by atoms with van der Waals surface area (Å²) in [5.74, 6) is 0.940. The molecule has 0 aliphatic rings. The van der Waals surface area contributed by atoms with E-state index in [9.17, 15) is 0 Å². The van der Waals surface area contributed by atoms with Crippen molar-refractivity contribution in [1.82, 2.24) is 0 Å². The first-order valence-corrected chi connectivity index (χ1v) is 7.68. The molecular formula is C18H26ClNO. The summed E-state index contributed by atoms with van der Waals surface area (Å²) < 4.78 is 5.79. The van der Waals surface area contributed by atoms with Crippen LogP contribution in [0.1, 0.15) is 51.1 Å². The Bertz CT molecular complexity index is 556. The Morgan fingerprint density at radius 2 is 1.81 bits per heavy atom. The zero-order chi connectivity index (χ0) is 14.4. The van der Waals surface area contributed by atoms with Gasteiger partial charge in [-0.2, -0.15) is 0 Å². The third-order valence-corrected chi connectivity index (χ3v) is 3.72. The Kier molecular flexibility index (Phi) is 7.55. The first kappa shape index (κ1) is 17.8. The summed E-state index contributed by atoms with van der Waals surface area (Å²) in [6, 6.07) is 12.6. The maximum Gasteiger partial charge on any atom is 0.124 e. The van der Waals surface area contributed by atoms with E-state index in [1.54, 1.807) is 0 Å². The van der Waals surface area contributed by atoms with Gasteiger partial charge in [-0.05, 0) is 30.2 Å². The van der Waals surface area contributed by atoms with Crippen molar-refractivity contribution in [2.24, 2.45) is 5.73 Å². The van der Waals surface area contributed by atoms with Gasteiger partial charge in [-0.1, -0.05) is 56.5 Å². The fourth-order valence-electron chi connectivity index (χ4n) is 2.70. The number of nitrogens with two attached hydrogens (primary N) is 1. The smallest absolute Gasteiger partial charge is 0.124 e. The Balaban J connectivity index is 0.00000220. The monoisotopic (exact) mass is 307 g/mol. The third kappa shape index (κ3) is 4.36. The van der Waals surface area contributed by atoms with Crippen LogP contribution in [0.2, 0.25) is 0 Å². The zero-order valence-electron chi connectivity index (χ0n) is 13.0. The number of fused-ring (bicyclic) bond motifs is 1. The lowest BCUT2D eigenvalue weighted by molar-refractivity contribution is 0.334. The number of benzene rings is 2. The van der Waals surface area contributed by atoms with Gasteiger partial charge in [0.05, 0.1) is 6.61 Å². The molecule has 3 heteroatoms. The summed E-state index contributed by atoms with van der Waals surface area (Å²) in [5.41, 5.74) is 7.62. The van der Waals surface area contributed by atoms with Crippen molar-refractivity contribution in [2.75, 3.05) is 6.61 Å². The number of hydrogen-bond acceptors (Lipinski definition) is 2. The number of ether oxygens (including phenoxy) is 1. The maximum absolute atomic E-state index is 6.45. The largest absolute Gasteiger partial charge is 0.494 e. The van der Waals surface area contributed by atoms with Crippen molar-refractivity contribution >= 4 is 23.2 Å². The van der Waals surface area contributed by atoms with E-state index in [1.807, 2.05) is 6.92 Å². The van der Waals surface area contributed by atoms with Gasteiger partial charge in [0.25, 0.3) is 0 Å². The molecule has 2 rings (SSSR count). The molecule has 0 aromatic heterocycles. The van der Waals surface area contributed by atoms with Gasteiger partial charge < -0.3 is 10.5 Å². The van der Waals surface area contributed by atoms with Crippen LogP contribution in [0, 0.1) is 0 Å². The minimum absolute atomic E-state index is 0. The molecule has 2 nitrogen and oxygen atoms in total. The van der Waals surface area contributed by atoms with Crippen molar-refractivity contribution in [3.8, 4) is 5.75 Å². The highest BCUT2D eigenvalue weighted by Gasteiger charge is 2.15. The van der Waals surface area contributed by atoms with Crippen LogP contribution in [0.15, 0.2) is 36.4 Å². The number of halogens is 1. The van der Waals surface area contributed by atoms with Gasteiger partial charge in [0.1, 0.15) is 5.75 Å². The third-order valence-electron chi connectivity index (χ3n) is 3.72. The molecule has 0 heterocycles. The molecule has 0 fully saturated rings. The Hall–Kier alpha value is -1.25. The number of hydrogen-bond donors (Lipinski definition) is 1. The summed E-state index contributed by atoms with van der Waals surface area (Å²) in [7, 11) is 0. The average molecular weight is 308 g/mol. The first-order valence-electron chi connectivity index (χ1n) is 7.68. The van der Waals surface area contributed by atoms with Crippen molar-refractivity contribution in [2.45, 2.75) is 45.6 Å². The van der Waals surface area contributed by atoms with Gasteiger partial charge in [-0.25, -0.2) is 0 Å². The molecule has 116 valence electrons. The van der Waals surface area contributed by atoms with Crippen LogP contribution in [0.4, 0.5) is 0 Å². The van der Waals surface area contributed by atoms with E-state index in [2.05, 4.69) is 43.3 Å². The summed E-state index contributed by atoms with van der Waals surface area (Å²) >= 11 is 0. The van der Waals surface area contributed by atoms with E-state index < -0.39 is 0 Å². The molecule has 2 aromatic carbocycles. The number of unbranched alkanes of at least 4 members (excludes halogenated alkanes) is 2. The van der Waals surface area contributed by atoms with E-state index in [1.165, 1.54) is 35.6 Å². The van der Waals surface area contributed by atoms with Gasteiger partial charge >= 0.3 is 0 Å². The molecule has 0 saturated heterocycles. The van der Waals surface area contributed by atoms with Crippen LogP contribution in [0.5, 0.6) is 5.75 Å². The second-order valence-electron chi connectivity index (χ2n) is 5.23. The molecule has 1 atom stereocenters. The predicted octanol–water partition coefficient (Wildman–Crippen LogP) is 5.24. The number of rotatable bonds is 7. The molecule has 0 radical (unpaired) electrons. The van der Waals surface area contributed by atoms with E-state index in [0.29, 0.717) is 6.61 Å². The second kappa shape index (κ2) is 8.91. The summed E-state index contributed by atoms with van der Waals surface area (Å²) in [5, 5.41) is 2.46. The van der Waals surface area contributed by atoms with E-state index in [0.717, 1.165) is 12.2 Å². The van der Waals surface area contributed by atoms with Gasteiger partial charge in [-0.15, -0.1) is 12.4 Å². The van der Waals surface area contributed by atoms with Crippen LogP contribution in [0.3, 0.4) is 0 Å². The first-order chi connectivity index (χ1) is 9.77. The molecule has 0 saturated carbocycles. The predicted molar refractivity (Wildman–Crippen MR) is 93.4 cm³/mol. The second-order valence-corrected chi connectivity index (χ2v) is 5.23. The van der Waals surface area contributed by atoms with Crippen molar-refractivity contribution in [3.05, 3.63) is 42.0 Å². The molecule has 2 aromatic rings. The lowest BCUT2D eigenvalue weighted by atomic mass is 9.94. The van der Waals surface area contributed by atoms with Crippen LogP contribution in [0.25, 0.3) is 10.8 Å². The fourth-order valence-corrected chi connectivity index (χ4v) is 2.70. The van der Waals surface area contributed by atoms with Crippen LogP contribution >= 0.6 is 12.4 Å². The fraction of sp³-hybridized carbons (Fsp3) is 0.444. The topological polar surface area (TPSA) is 35.2 Å². The van der Waals surface area contributed by atoms with Crippen molar-refractivity contribution in [1.29, 1.82) is 0 Å². The Morgan fingerprint density at radius 1 is 1.05 bits per heavy atom. The molecule has 0 bridgehead atoms. The maximum atomic E-state index is 6.45. The highest BCUT2D eigenvalue weighted by Crippen LogP contribution is 2.34. The Morgan fingerprint density at radius 3 is 2.52 bits per heavy atom. The minimum Gasteiger partial charge on any atom is -0.494 e. The molecule has 0 aliphatic heterocycles. The standard InChI is InChI=1S/C18H25NO.ClH/c1-3-5-6-11-16(19)18-15-10-8-7-9-14(15)12-13-17(18)20-4-2;/h7-10,12-13,16H,3-6,11,19H2,1-2H3;1H/t16-;/m1./s1. The lowest BCUT2D eigenvalue weighted by Gasteiger charge is -2.19. The summed E-state index contributed by atoms with van der Waals surface area (Å²) in [6.45, 7) is 4.91. The minimum atomic E-state index is 0. The van der Waals surface area contributed by atoms with Crippen LogP contribution in [-0.2, 0) is 0 Å². The SMILES string of the molecule is CCCCC[C@@H](N)c1c(OCC)ccc2ccccc12.Cl. The quantitative estimate of drug-likeness (QED) is 0.710. The van der Waals surface area contributed by atoms with Gasteiger partial charge in [-0.3, -0.25) is 0 Å².